The van der Waals surface area contributed by atoms with Gasteiger partial charge in [0.1, 0.15) is 16.4 Å². The first-order valence-corrected chi connectivity index (χ1v) is 8.20. The van der Waals surface area contributed by atoms with Gasteiger partial charge >= 0.3 is 0 Å². The highest BCUT2D eigenvalue weighted by Gasteiger charge is 2.19. The van der Waals surface area contributed by atoms with E-state index in [0.29, 0.717) is 11.5 Å². The van der Waals surface area contributed by atoms with Crippen molar-refractivity contribution in [3.05, 3.63) is 53.0 Å². The van der Waals surface area contributed by atoms with E-state index >= 15 is 0 Å². The van der Waals surface area contributed by atoms with Crippen LogP contribution in [0.1, 0.15) is 22.6 Å². The third-order valence-corrected chi connectivity index (χ3v) is 4.66. The van der Waals surface area contributed by atoms with E-state index in [0.717, 1.165) is 17.7 Å². The van der Waals surface area contributed by atoms with Crippen molar-refractivity contribution in [3.8, 4) is 0 Å². The Bertz CT molecular complexity index is 709. The van der Waals surface area contributed by atoms with Gasteiger partial charge in [0.25, 0.3) is 0 Å². The molecule has 0 aliphatic heterocycles. The van der Waals surface area contributed by atoms with Crippen LogP contribution >= 0.6 is 12.4 Å². The van der Waals surface area contributed by atoms with Gasteiger partial charge in [-0.1, -0.05) is 24.3 Å². The zero-order chi connectivity index (χ0) is 15.5. The molecule has 0 atom stereocenters. The van der Waals surface area contributed by atoms with Gasteiger partial charge in [0, 0.05) is 13.1 Å². The van der Waals surface area contributed by atoms with Crippen LogP contribution in [0.4, 0.5) is 0 Å². The molecule has 122 valence electrons. The minimum atomic E-state index is -3.54. The molecule has 22 heavy (non-hydrogen) atoms. The molecule has 1 heterocycles. The van der Waals surface area contributed by atoms with Crippen molar-refractivity contribution in [1.82, 2.24) is 10.0 Å². The van der Waals surface area contributed by atoms with Crippen molar-refractivity contribution >= 4 is 22.4 Å². The van der Waals surface area contributed by atoms with Crippen molar-refractivity contribution in [3.63, 3.8) is 0 Å². The largest absolute Gasteiger partial charge is 0.465 e. The van der Waals surface area contributed by atoms with Crippen LogP contribution < -0.4 is 10.0 Å². The molecule has 0 fully saturated rings. The number of aryl methyl sites for hydroxylation is 2. The average Bonchev–Trinajstić information content (AvgIpc) is 2.78. The van der Waals surface area contributed by atoms with Gasteiger partial charge in [0.05, 0.1) is 0 Å². The number of hydrogen-bond acceptors (Lipinski definition) is 4. The minimum absolute atomic E-state index is 0. The maximum Gasteiger partial charge on any atom is 0.244 e. The van der Waals surface area contributed by atoms with Crippen molar-refractivity contribution < 1.29 is 12.8 Å². The lowest BCUT2D eigenvalue weighted by Gasteiger charge is -2.07. The van der Waals surface area contributed by atoms with E-state index in [4.69, 9.17) is 4.42 Å². The number of hydrogen-bond donors (Lipinski definition) is 2. The quantitative estimate of drug-likeness (QED) is 0.844. The number of furan rings is 1. The highest BCUT2D eigenvalue weighted by Crippen LogP contribution is 2.19. The van der Waals surface area contributed by atoms with Crippen LogP contribution in [0.15, 0.2) is 39.6 Å². The Balaban J connectivity index is 0.00000242. The number of benzene rings is 1. The lowest BCUT2D eigenvalue weighted by atomic mass is 10.1. The van der Waals surface area contributed by atoms with Gasteiger partial charge in [-0.05, 0) is 38.1 Å². The Morgan fingerprint density at radius 3 is 2.05 bits per heavy atom. The van der Waals surface area contributed by atoms with Crippen molar-refractivity contribution in [1.29, 1.82) is 0 Å². The Labute approximate surface area is 137 Å². The van der Waals surface area contributed by atoms with E-state index in [-0.39, 0.29) is 23.8 Å². The molecule has 0 saturated heterocycles. The van der Waals surface area contributed by atoms with E-state index in [1.165, 1.54) is 6.07 Å². The molecule has 0 bridgehead atoms. The van der Waals surface area contributed by atoms with Crippen LogP contribution in [0.3, 0.4) is 0 Å². The maximum absolute atomic E-state index is 12.2. The first-order chi connectivity index (χ1) is 9.92. The normalized spacial score (nSPS) is 11.2. The number of rotatable bonds is 6. The topological polar surface area (TPSA) is 71.3 Å². The monoisotopic (exact) mass is 344 g/mol. The predicted octanol–water partition coefficient (Wildman–Crippen LogP) is 2.52. The predicted molar refractivity (Wildman–Crippen MR) is 88.7 cm³/mol. The van der Waals surface area contributed by atoms with Crippen LogP contribution in [0, 0.1) is 13.8 Å². The number of halogens is 1. The van der Waals surface area contributed by atoms with Crippen molar-refractivity contribution in [2.75, 3.05) is 7.05 Å². The third-order valence-electron chi connectivity index (χ3n) is 3.16. The van der Waals surface area contributed by atoms with E-state index in [9.17, 15) is 8.42 Å². The standard InChI is InChI=1S/C15H20N2O3S.ClH/c1-11-8-15(12(2)20-11)21(18,19)17-10-14-6-4-13(5-7-14)9-16-3;/h4-8,16-17H,9-10H2,1-3H3;1H. The second-order valence-electron chi connectivity index (χ2n) is 4.95. The zero-order valence-electron chi connectivity index (χ0n) is 12.8. The molecule has 0 aliphatic carbocycles. The minimum Gasteiger partial charge on any atom is -0.465 e. The maximum atomic E-state index is 12.2. The first-order valence-electron chi connectivity index (χ1n) is 6.71. The zero-order valence-corrected chi connectivity index (χ0v) is 14.5. The van der Waals surface area contributed by atoms with Crippen molar-refractivity contribution in [2.24, 2.45) is 0 Å². The fraction of sp³-hybridized carbons (Fsp3) is 0.333. The van der Waals surface area contributed by atoms with Gasteiger partial charge in [-0.3, -0.25) is 0 Å². The molecule has 2 N–H and O–H groups in total. The third kappa shape index (κ3) is 4.58. The summed E-state index contributed by atoms with van der Waals surface area (Å²) in [5, 5.41) is 3.07. The van der Waals surface area contributed by atoms with Crippen LogP contribution in [-0.2, 0) is 23.1 Å². The molecule has 0 aliphatic rings. The highest BCUT2D eigenvalue weighted by molar-refractivity contribution is 7.89. The summed E-state index contributed by atoms with van der Waals surface area (Å²) >= 11 is 0. The van der Waals surface area contributed by atoms with Gasteiger partial charge < -0.3 is 9.73 Å². The SMILES string of the molecule is CNCc1ccc(CNS(=O)(=O)c2cc(C)oc2C)cc1.Cl. The summed E-state index contributed by atoms with van der Waals surface area (Å²) in [4.78, 5) is 0.201. The van der Waals surface area contributed by atoms with Crippen LogP contribution in [0.2, 0.25) is 0 Å². The summed E-state index contributed by atoms with van der Waals surface area (Å²) in [6.45, 7) is 4.42. The lowest BCUT2D eigenvalue weighted by molar-refractivity contribution is 0.495. The molecule has 0 unspecified atom stereocenters. The summed E-state index contributed by atoms with van der Waals surface area (Å²) in [5.74, 6) is 0.994. The molecule has 2 rings (SSSR count). The van der Waals surface area contributed by atoms with Crippen molar-refractivity contribution in [2.45, 2.75) is 31.8 Å². The lowest BCUT2D eigenvalue weighted by Crippen LogP contribution is -2.23. The van der Waals surface area contributed by atoms with E-state index < -0.39 is 10.0 Å². The average molecular weight is 345 g/mol. The smallest absolute Gasteiger partial charge is 0.244 e. The summed E-state index contributed by atoms with van der Waals surface area (Å²) in [6.07, 6.45) is 0. The highest BCUT2D eigenvalue weighted by atomic mass is 35.5. The molecule has 0 saturated carbocycles. The van der Waals surface area contributed by atoms with Gasteiger partial charge in [0.2, 0.25) is 10.0 Å². The summed E-state index contributed by atoms with van der Waals surface area (Å²) in [5.41, 5.74) is 2.07. The van der Waals surface area contributed by atoms with Gasteiger partial charge in [-0.2, -0.15) is 0 Å². The molecule has 0 radical (unpaired) electrons. The molecule has 2 aromatic rings. The van der Waals surface area contributed by atoms with Gasteiger partial charge in [0.15, 0.2) is 0 Å². The van der Waals surface area contributed by atoms with Gasteiger partial charge in [-0.15, -0.1) is 12.4 Å². The van der Waals surface area contributed by atoms with E-state index in [1.54, 1.807) is 13.8 Å². The molecular formula is C15H21ClN2O3S. The molecule has 5 nitrogen and oxygen atoms in total. The Morgan fingerprint density at radius 1 is 1.05 bits per heavy atom. The molecular weight excluding hydrogens is 324 g/mol. The van der Waals surface area contributed by atoms with Crippen LogP contribution in [0.25, 0.3) is 0 Å². The number of nitrogens with one attached hydrogen (secondary N) is 2. The Kier molecular flexibility index (Phi) is 6.62. The fourth-order valence-electron chi connectivity index (χ4n) is 2.11. The number of sulfonamides is 1. The van der Waals surface area contributed by atoms with Crippen LogP contribution in [0.5, 0.6) is 0 Å². The molecule has 1 aromatic heterocycles. The second-order valence-corrected chi connectivity index (χ2v) is 6.68. The summed E-state index contributed by atoms with van der Waals surface area (Å²) in [6, 6.07) is 9.33. The molecule has 7 heteroatoms. The molecule has 0 amide bonds. The van der Waals surface area contributed by atoms with Crippen LogP contribution in [-0.4, -0.2) is 15.5 Å². The fourth-order valence-corrected chi connectivity index (χ4v) is 3.36. The Morgan fingerprint density at radius 2 is 1.59 bits per heavy atom. The van der Waals surface area contributed by atoms with E-state index in [1.807, 2.05) is 31.3 Å². The summed E-state index contributed by atoms with van der Waals surface area (Å²) in [7, 11) is -1.66. The van der Waals surface area contributed by atoms with Gasteiger partial charge in [-0.25, -0.2) is 13.1 Å². The Hall–Kier alpha value is -1.34. The molecule has 0 spiro atoms. The second kappa shape index (κ2) is 7.78. The summed E-state index contributed by atoms with van der Waals surface area (Å²) < 4.78 is 32.3. The molecule has 1 aromatic carbocycles. The van der Waals surface area contributed by atoms with E-state index in [2.05, 4.69) is 10.0 Å². The first kappa shape index (κ1) is 18.7.